The number of hydrogen-bond acceptors (Lipinski definition) is 4. The molecule has 0 bridgehead atoms. The van der Waals surface area contributed by atoms with Gasteiger partial charge in [-0.2, -0.15) is 26.3 Å². The van der Waals surface area contributed by atoms with Gasteiger partial charge in [0.2, 0.25) is 0 Å². The molecule has 0 atom stereocenters. The van der Waals surface area contributed by atoms with Crippen molar-refractivity contribution in [3.8, 4) is 33.8 Å². The van der Waals surface area contributed by atoms with Crippen LogP contribution in [0.25, 0.3) is 22.3 Å². The Hall–Kier alpha value is -4.34. The summed E-state index contributed by atoms with van der Waals surface area (Å²) in [5.74, 6) is -0.416. The predicted molar refractivity (Wildman–Crippen MR) is 126 cm³/mol. The Balaban J connectivity index is 0.000000201. The molecule has 0 heterocycles. The normalized spacial score (nSPS) is 11.5. The molecular formula is C26H20F6N2O2. The monoisotopic (exact) mass is 506 g/mol. The molecule has 0 unspecified atom stereocenters. The first-order chi connectivity index (χ1) is 16.8. The largest absolute Gasteiger partial charge is 0.507 e. The first-order valence-corrected chi connectivity index (χ1v) is 10.3. The minimum atomic E-state index is -4.49. The van der Waals surface area contributed by atoms with Crippen molar-refractivity contribution in [2.45, 2.75) is 12.4 Å². The Morgan fingerprint density at radius 2 is 1.08 bits per heavy atom. The summed E-state index contributed by atoms with van der Waals surface area (Å²) < 4.78 is 76.4. The van der Waals surface area contributed by atoms with Crippen molar-refractivity contribution in [3.63, 3.8) is 0 Å². The van der Waals surface area contributed by atoms with Crippen molar-refractivity contribution >= 4 is 11.4 Å². The molecule has 4 aromatic rings. The Labute approximate surface area is 202 Å². The van der Waals surface area contributed by atoms with E-state index in [0.717, 1.165) is 18.2 Å². The third-order valence-electron chi connectivity index (χ3n) is 5.13. The van der Waals surface area contributed by atoms with Crippen molar-refractivity contribution in [2.24, 2.45) is 0 Å². The maximum atomic E-state index is 12.9. The van der Waals surface area contributed by atoms with Gasteiger partial charge in [-0.05, 0) is 53.6 Å². The van der Waals surface area contributed by atoms with Crippen LogP contribution in [0.1, 0.15) is 11.1 Å². The Morgan fingerprint density at radius 3 is 1.61 bits per heavy atom. The van der Waals surface area contributed by atoms with Gasteiger partial charge >= 0.3 is 12.4 Å². The van der Waals surface area contributed by atoms with E-state index < -0.39 is 23.5 Å². The highest BCUT2D eigenvalue weighted by Crippen LogP contribution is 2.42. The Morgan fingerprint density at radius 1 is 0.556 bits per heavy atom. The van der Waals surface area contributed by atoms with Gasteiger partial charge in [0.25, 0.3) is 0 Å². The zero-order chi connectivity index (χ0) is 26.7. The molecule has 0 spiro atoms. The molecule has 10 heteroatoms. The zero-order valence-corrected chi connectivity index (χ0v) is 18.4. The molecule has 4 rings (SSSR count). The van der Waals surface area contributed by atoms with E-state index in [1.54, 1.807) is 0 Å². The predicted octanol–water partition coefficient (Wildman–Crippen LogP) is 7.32. The third-order valence-corrected chi connectivity index (χ3v) is 5.13. The lowest BCUT2D eigenvalue weighted by Crippen LogP contribution is -2.07. The molecule has 4 nitrogen and oxygen atoms in total. The third kappa shape index (κ3) is 5.83. The average molecular weight is 506 g/mol. The lowest BCUT2D eigenvalue weighted by atomic mass is 9.97. The number of phenolic OH excluding ortho intramolecular Hbond substituents is 2. The van der Waals surface area contributed by atoms with E-state index in [9.17, 15) is 36.6 Å². The molecule has 0 aliphatic carbocycles. The molecule has 0 saturated carbocycles. The summed E-state index contributed by atoms with van der Waals surface area (Å²) >= 11 is 0. The first kappa shape index (κ1) is 26.3. The van der Waals surface area contributed by atoms with Gasteiger partial charge in [0.15, 0.2) is 0 Å². The van der Waals surface area contributed by atoms with E-state index in [1.807, 2.05) is 0 Å². The number of nitrogens with two attached hydrogens (primary N) is 2. The molecule has 0 aliphatic rings. The van der Waals surface area contributed by atoms with E-state index >= 15 is 0 Å². The van der Waals surface area contributed by atoms with Crippen LogP contribution in [0.2, 0.25) is 0 Å². The molecule has 0 radical (unpaired) electrons. The Bertz CT molecular complexity index is 1330. The van der Waals surface area contributed by atoms with Crippen molar-refractivity contribution < 1.29 is 36.6 Å². The van der Waals surface area contributed by atoms with E-state index in [2.05, 4.69) is 0 Å². The number of alkyl halides is 6. The maximum Gasteiger partial charge on any atom is 0.417 e. The highest BCUT2D eigenvalue weighted by Gasteiger charge is 2.34. The van der Waals surface area contributed by atoms with Gasteiger partial charge in [-0.3, -0.25) is 0 Å². The molecule has 188 valence electrons. The SMILES string of the molecule is Nc1cccc(O)c1-c1cccc(C(F)(F)F)c1.Nc1cccc(O)c1-c1ccccc1C(F)(F)F. The van der Waals surface area contributed by atoms with Gasteiger partial charge in [-0.1, -0.05) is 42.5 Å². The molecule has 6 N–H and O–H groups in total. The zero-order valence-electron chi connectivity index (χ0n) is 18.4. The van der Waals surface area contributed by atoms with Gasteiger partial charge < -0.3 is 21.7 Å². The maximum absolute atomic E-state index is 12.9. The average Bonchev–Trinajstić information content (AvgIpc) is 2.79. The van der Waals surface area contributed by atoms with Crippen molar-refractivity contribution in [1.82, 2.24) is 0 Å². The van der Waals surface area contributed by atoms with Crippen LogP contribution in [0.3, 0.4) is 0 Å². The fourth-order valence-corrected chi connectivity index (χ4v) is 3.52. The number of anilines is 2. The van der Waals surface area contributed by atoms with Crippen LogP contribution in [-0.2, 0) is 12.4 Å². The molecule has 0 aromatic heterocycles. The minimum Gasteiger partial charge on any atom is -0.507 e. The minimum absolute atomic E-state index is 0.00502. The number of aromatic hydroxyl groups is 2. The topological polar surface area (TPSA) is 92.5 Å². The van der Waals surface area contributed by atoms with Gasteiger partial charge in [0, 0.05) is 22.5 Å². The van der Waals surface area contributed by atoms with Gasteiger partial charge in [0.05, 0.1) is 11.1 Å². The molecule has 0 amide bonds. The Kier molecular flexibility index (Phi) is 7.37. The van der Waals surface area contributed by atoms with Crippen molar-refractivity contribution in [2.75, 3.05) is 11.5 Å². The second kappa shape index (κ2) is 10.1. The van der Waals surface area contributed by atoms with Gasteiger partial charge in [0.1, 0.15) is 11.5 Å². The number of nitrogen functional groups attached to an aromatic ring is 2. The summed E-state index contributed by atoms with van der Waals surface area (Å²) in [6, 6.07) is 18.4. The van der Waals surface area contributed by atoms with Crippen LogP contribution < -0.4 is 11.5 Å². The molecule has 36 heavy (non-hydrogen) atoms. The van der Waals surface area contributed by atoms with Gasteiger partial charge in [-0.25, -0.2) is 0 Å². The molecule has 0 fully saturated rings. The van der Waals surface area contributed by atoms with Crippen molar-refractivity contribution in [1.29, 1.82) is 0 Å². The number of phenols is 2. The summed E-state index contributed by atoms with van der Waals surface area (Å²) in [6.45, 7) is 0. The van der Waals surface area contributed by atoms with Crippen LogP contribution in [0.4, 0.5) is 37.7 Å². The van der Waals surface area contributed by atoms with Crippen LogP contribution in [0, 0.1) is 0 Å². The van der Waals surface area contributed by atoms with Crippen LogP contribution in [0.5, 0.6) is 11.5 Å². The van der Waals surface area contributed by atoms with E-state index in [0.29, 0.717) is 0 Å². The standard InChI is InChI=1S/2C13H10F3NO/c14-13(15,16)9-4-1-3-8(7-9)12-10(17)5-2-6-11(12)18;14-13(15,16)9-5-2-1-4-8(9)12-10(17)6-3-7-11(12)18/h2*1-7,18H,17H2. The number of halogens is 6. The first-order valence-electron chi connectivity index (χ1n) is 10.3. The van der Waals surface area contributed by atoms with E-state index in [4.69, 9.17) is 11.5 Å². The fraction of sp³-hybridized carbons (Fsp3) is 0.0769. The van der Waals surface area contributed by atoms with Crippen LogP contribution >= 0.6 is 0 Å². The second-order valence-electron chi connectivity index (χ2n) is 7.60. The highest BCUT2D eigenvalue weighted by molar-refractivity contribution is 5.84. The fourth-order valence-electron chi connectivity index (χ4n) is 3.52. The lowest BCUT2D eigenvalue weighted by molar-refractivity contribution is -0.138. The molecule has 0 aliphatic heterocycles. The van der Waals surface area contributed by atoms with Gasteiger partial charge in [-0.15, -0.1) is 0 Å². The second-order valence-corrected chi connectivity index (χ2v) is 7.60. The van der Waals surface area contributed by atoms with E-state index in [1.165, 1.54) is 66.7 Å². The number of benzene rings is 4. The molecule has 0 saturated heterocycles. The van der Waals surface area contributed by atoms with Crippen molar-refractivity contribution in [3.05, 3.63) is 96.1 Å². The highest BCUT2D eigenvalue weighted by atomic mass is 19.4. The molecular weight excluding hydrogens is 486 g/mol. The molecule has 4 aromatic carbocycles. The summed E-state index contributed by atoms with van der Waals surface area (Å²) in [5.41, 5.74) is 10.4. The number of hydrogen-bond donors (Lipinski definition) is 4. The summed E-state index contributed by atoms with van der Waals surface area (Å²) in [4.78, 5) is 0. The van der Waals surface area contributed by atoms with E-state index in [-0.39, 0.29) is 45.1 Å². The summed E-state index contributed by atoms with van der Waals surface area (Å²) in [5, 5.41) is 19.4. The lowest BCUT2D eigenvalue weighted by Gasteiger charge is -2.15. The number of rotatable bonds is 2. The van der Waals surface area contributed by atoms with Crippen LogP contribution in [-0.4, -0.2) is 10.2 Å². The summed E-state index contributed by atoms with van der Waals surface area (Å²) in [7, 11) is 0. The summed E-state index contributed by atoms with van der Waals surface area (Å²) in [6.07, 6.45) is -8.92. The van der Waals surface area contributed by atoms with Crippen LogP contribution in [0.15, 0.2) is 84.9 Å². The quantitative estimate of drug-likeness (QED) is 0.169. The smallest absolute Gasteiger partial charge is 0.417 e.